The number of carbonyl (C=O) groups is 1. The minimum Gasteiger partial charge on any atom is -0.481 e. The van der Waals surface area contributed by atoms with Crippen molar-refractivity contribution < 1.29 is 40.2 Å². The van der Waals surface area contributed by atoms with Crippen molar-refractivity contribution in [3.8, 4) is 16.9 Å². The molecule has 0 fully saturated rings. The van der Waals surface area contributed by atoms with E-state index in [2.05, 4.69) is 4.74 Å². The molecule has 0 atom stereocenters. The highest BCUT2D eigenvalue weighted by molar-refractivity contribution is 7.89. The van der Waals surface area contributed by atoms with Gasteiger partial charge in [-0.05, 0) is 66.1 Å². The molecule has 0 N–H and O–H groups in total. The Labute approximate surface area is 206 Å². The summed E-state index contributed by atoms with van der Waals surface area (Å²) in [6.45, 7) is -0.398. The van der Waals surface area contributed by atoms with Gasteiger partial charge < -0.3 is 9.47 Å². The van der Waals surface area contributed by atoms with Gasteiger partial charge in [0.15, 0.2) is 6.61 Å². The largest absolute Gasteiger partial charge is 0.481 e. The summed E-state index contributed by atoms with van der Waals surface area (Å²) in [5.74, 6) is -1.06. The number of alkyl halides is 3. The second kappa shape index (κ2) is 11.1. The maximum Gasteiger partial charge on any atom is 0.416 e. The van der Waals surface area contributed by atoms with Crippen molar-refractivity contribution in [2.75, 3.05) is 27.3 Å². The van der Waals surface area contributed by atoms with Crippen molar-refractivity contribution in [1.82, 2.24) is 4.31 Å². The predicted molar refractivity (Wildman–Crippen MR) is 124 cm³/mol. The van der Waals surface area contributed by atoms with Gasteiger partial charge in [-0.15, -0.1) is 0 Å². The third kappa shape index (κ3) is 6.61. The number of ether oxygens (including phenoxy) is 2. The molecule has 0 aromatic heterocycles. The predicted octanol–water partition coefficient (Wildman–Crippen LogP) is 4.93. The van der Waals surface area contributed by atoms with E-state index in [-0.39, 0.29) is 29.2 Å². The molecule has 0 saturated heterocycles. The van der Waals surface area contributed by atoms with Crippen molar-refractivity contribution in [3.05, 3.63) is 83.7 Å². The van der Waals surface area contributed by atoms with E-state index in [1.54, 1.807) is 12.1 Å². The summed E-state index contributed by atoms with van der Waals surface area (Å²) in [4.78, 5) is 11.4. The van der Waals surface area contributed by atoms with Gasteiger partial charge in [0.05, 0.1) is 17.6 Å². The van der Waals surface area contributed by atoms with Gasteiger partial charge in [-0.1, -0.05) is 18.2 Å². The Kier molecular flexibility index (Phi) is 8.36. The molecule has 192 valence electrons. The number of likely N-dealkylation sites (N-methyl/N-ethyl adjacent to an activating group) is 1. The van der Waals surface area contributed by atoms with Crippen LogP contribution in [0.5, 0.6) is 5.75 Å². The Morgan fingerprint density at radius 1 is 1.00 bits per heavy atom. The lowest BCUT2D eigenvalue weighted by molar-refractivity contribution is -0.143. The van der Waals surface area contributed by atoms with Crippen LogP contribution in [-0.4, -0.2) is 46.0 Å². The number of halogens is 4. The number of esters is 1. The third-order valence-corrected chi connectivity index (χ3v) is 7.23. The van der Waals surface area contributed by atoms with E-state index in [1.165, 1.54) is 44.5 Å². The lowest BCUT2D eigenvalue weighted by Gasteiger charge is -2.18. The lowest BCUT2D eigenvalue weighted by Crippen LogP contribution is -2.29. The highest BCUT2D eigenvalue weighted by atomic mass is 32.2. The first kappa shape index (κ1) is 27.2. The van der Waals surface area contributed by atoms with Crippen LogP contribution >= 0.6 is 0 Å². The molecule has 0 radical (unpaired) electrons. The second-order valence-corrected chi connectivity index (χ2v) is 9.85. The molecular weight excluding hydrogens is 502 g/mol. The van der Waals surface area contributed by atoms with Crippen LogP contribution in [0.4, 0.5) is 17.6 Å². The molecule has 36 heavy (non-hydrogen) atoms. The van der Waals surface area contributed by atoms with Gasteiger partial charge >= 0.3 is 12.1 Å². The number of hydrogen-bond donors (Lipinski definition) is 0. The first-order valence-corrected chi connectivity index (χ1v) is 12.1. The van der Waals surface area contributed by atoms with Crippen LogP contribution < -0.4 is 4.74 Å². The van der Waals surface area contributed by atoms with Crippen LogP contribution in [0.15, 0.2) is 71.6 Å². The van der Waals surface area contributed by atoms with Gasteiger partial charge in [0, 0.05) is 19.2 Å². The summed E-state index contributed by atoms with van der Waals surface area (Å²) in [6, 6.07) is 13.8. The standard InChI is InChI=1S/C25H23F4NO5S/c1-30(36(32,33)21-9-7-20(26)8-10-21)13-12-17-6-11-23(35-16-24(31)34-2)22(14-17)18-4-3-5-19(15-18)25(27,28)29/h3-11,14-15H,12-13,16H2,1-2H3. The van der Waals surface area contributed by atoms with Crippen LogP contribution in [0.25, 0.3) is 11.1 Å². The maximum absolute atomic E-state index is 13.3. The number of rotatable bonds is 9. The molecule has 3 aromatic carbocycles. The van der Waals surface area contributed by atoms with Crippen LogP contribution in [0.1, 0.15) is 11.1 Å². The molecule has 0 aliphatic heterocycles. The topological polar surface area (TPSA) is 72.9 Å². The van der Waals surface area contributed by atoms with Crippen molar-refractivity contribution in [2.45, 2.75) is 17.5 Å². The molecule has 0 aliphatic carbocycles. The van der Waals surface area contributed by atoms with Gasteiger partial charge in [-0.25, -0.2) is 21.9 Å². The van der Waals surface area contributed by atoms with Crippen LogP contribution in [0, 0.1) is 5.82 Å². The highest BCUT2D eigenvalue weighted by Crippen LogP contribution is 2.36. The summed E-state index contributed by atoms with van der Waals surface area (Å²) >= 11 is 0. The summed E-state index contributed by atoms with van der Waals surface area (Å²) in [5, 5.41) is 0. The number of nitrogens with zero attached hydrogens (tertiary/aromatic N) is 1. The Morgan fingerprint density at radius 2 is 1.69 bits per heavy atom. The third-order valence-electron chi connectivity index (χ3n) is 5.36. The molecule has 0 saturated carbocycles. The van der Waals surface area contributed by atoms with Crippen molar-refractivity contribution in [1.29, 1.82) is 0 Å². The van der Waals surface area contributed by atoms with Gasteiger partial charge in [-0.3, -0.25) is 0 Å². The van der Waals surface area contributed by atoms with E-state index < -0.39 is 40.2 Å². The first-order valence-electron chi connectivity index (χ1n) is 10.6. The van der Waals surface area contributed by atoms with E-state index in [1.807, 2.05) is 0 Å². The van der Waals surface area contributed by atoms with Gasteiger partial charge in [0.2, 0.25) is 10.0 Å². The Morgan fingerprint density at radius 3 is 2.33 bits per heavy atom. The fourth-order valence-electron chi connectivity index (χ4n) is 3.34. The Bertz CT molecular complexity index is 1330. The number of benzene rings is 3. The molecule has 6 nitrogen and oxygen atoms in total. The Balaban J connectivity index is 1.88. The zero-order valence-corrected chi connectivity index (χ0v) is 20.2. The van der Waals surface area contributed by atoms with Crippen molar-refractivity contribution >= 4 is 16.0 Å². The lowest BCUT2D eigenvalue weighted by atomic mass is 9.98. The average molecular weight is 526 g/mol. The normalized spacial score (nSPS) is 12.0. The van der Waals surface area contributed by atoms with E-state index in [9.17, 15) is 30.8 Å². The highest BCUT2D eigenvalue weighted by Gasteiger charge is 2.30. The molecule has 11 heteroatoms. The van der Waals surface area contributed by atoms with Crippen molar-refractivity contribution in [2.24, 2.45) is 0 Å². The number of sulfonamides is 1. The number of hydrogen-bond acceptors (Lipinski definition) is 5. The second-order valence-electron chi connectivity index (χ2n) is 7.80. The summed E-state index contributed by atoms with van der Waals surface area (Å²) in [7, 11) is -1.32. The SMILES string of the molecule is COC(=O)COc1ccc(CCN(C)S(=O)(=O)c2ccc(F)cc2)cc1-c1cccc(C(F)(F)F)c1. The molecule has 0 unspecified atom stereocenters. The molecule has 0 amide bonds. The van der Waals surface area contributed by atoms with Gasteiger partial charge in [0.1, 0.15) is 11.6 Å². The van der Waals surface area contributed by atoms with Crippen LogP contribution in [0.2, 0.25) is 0 Å². The zero-order valence-electron chi connectivity index (χ0n) is 19.4. The smallest absolute Gasteiger partial charge is 0.416 e. The van der Waals surface area contributed by atoms with E-state index >= 15 is 0 Å². The fourth-order valence-corrected chi connectivity index (χ4v) is 4.51. The first-order chi connectivity index (χ1) is 16.9. The molecule has 0 heterocycles. The van der Waals surface area contributed by atoms with Gasteiger partial charge in [-0.2, -0.15) is 13.2 Å². The summed E-state index contributed by atoms with van der Waals surface area (Å²) < 4.78 is 89.6. The van der Waals surface area contributed by atoms with Crippen molar-refractivity contribution in [3.63, 3.8) is 0 Å². The quantitative estimate of drug-likeness (QED) is 0.293. The number of methoxy groups -OCH3 is 1. The minimum absolute atomic E-state index is 0.0457. The molecule has 0 bridgehead atoms. The van der Waals surface area contributed by atoms with E-state index in [0.717, 1.165) is 28.6 Å². The molecule has 3 rings (SSSR count). The molecule has 0 aliphatic rings. The van der Waals surface area contributed by atoms with Crippen LogP contribution in [-0.2, 0) is 32.2 Å². The Hall–Kier alpha value is -3.44. The number of carbonyl (C=O) groups excluding carboxylic acids is 1. The zero-order chi connectivity index (χ0) is 26.5. The molecular formula is C25H23F4NO5S. The van der Waals surface area contributed by atoms with Gasteiger partial charge in [0.25, 0.3) is 0 Å². The average Bonchev–Trinajstić information content (AvgIpc) is 2.85. The summed E-state index contributed by atoms with van der Waals surface area (Å²) in [5.41, 5.74) is 0.272. The monoisotopic (exact) mass is 525 g/mol. The molecule has 0 spiro atoms. The minimum atomic E-state index is -4.56. The molecule has 3 aromatic rings. The maximum atomic E-state index is 13.3. The fraction of sp³-hybridized carbons (Fsp3) is 0.240. The van der Waals surface area contributed by atoms with E-state index in [4.69, 9.17) is 4.74 Å². The summed E-state index contributed by atoms with van der Waals surface area (Å²) in [6.07, 6.45) is -4.34. The van der Waals surface area contributed by atoms with E-state index in [0.29, 0.717) is 11.1 Å². The van der Waals surface area contributed by atoms with Crippen LogP contribution in [0.3, 0.4) is 0 Å².